The zero-order chi connectivity index (χ0) is 79.2. The maximum atomic E-state index is 13.7. The van der Waals surface area contributed by atoms with Crippen LogP contribution in [0.5, 0.6) is 0 Å². The number of rotatable bonds is 36. The van der Waals surface area contributed by atoms with E-state index in [1.54, 1.807) is 72.8 Å². The molecule has 32 heteroatoms. The van der Waals surface area contributed by atoms with Crippen molar-refractivity contribution in [1.29, 1.82) is 0 Å². The number of benzene rings is 8. The Hall–Kier alpha value is -8.64. The topological polar surface area (TPSA) is 327 Å². The highest BCUT2D eigenvalue weighted by molar-refractivity contribution is 7.90. The third kappa shape index (κ3) is 23.7. The van der Waals surface area contributed by atoms with Gasteiger partial charge in [0.1, 0.15) is 0 Å². The normalized spacial score (nSPS) is 14.5. The molecule has 28 nitrogen and oxygen atoms in total. The van der Waals surface area contributed by atoms with Crippen LogP contribution in [0.1, 0.15) is 38.5 Å². The predicted octanol–water partition coefficient (Wildman–Crippen LogP) is 4.80. The van der Waals surface area contributed by atoms with Crippen LogP contribution in [0, 0.1) is 0 Å². The molecule has 0 saturated carbocycles. The van der Waals surface area contributed by atoms with Gasteiger partial charge in [-0.25, -0.2) is 52.6 Å². The van der Waals surface area contributed by atoms with Gasteiger partial charge in [0.25, 0.3) is 0 Å². The number of carbonyl (C=O) groups excluding carboxylic acids is 4. The summed E-state index contributed by atoms with van der Waals surface area (Å²) in [6.45, 7) is 5.38. The summed E-state index contributed by atoms with van der Waals surface area (Å²) in [5.74, 6) is -1.12. The quantitative estimate of drug-likeness (QED) is 0.0244. The lowest BCUT2D eigenvalue weighted by atomic mass is 10.1. The summed E-state index contributed by atoms with van der Waals surface area (Å²) >= 11 is 0. The SMILES string of the molecule is CN(C)c1cccc2c(S(=O)(=O)NCCNC(=O)CCN3CCCN(CCC(=O)NCCNS(=O)(=O)c4cccc5c(N(C)C)cccc45)CCN(CCC(=O)NCCNS(=O)(=O)c4cccc5c(N(C)C)cccc45)CCCN(CCC(=O)NCCNS(=O)(=O)c4cccc5c(N(C)C)cccc45)CC3)cccc12. The van der Waals surface area contributed by atoms with E-state index in [0.29, 0.717) is 113 Å². The molecule has 8 N–H and O–H groups in total. The number of hydrogen-bond acceptors (Lipinski definition) is 20. The number of amides is 4. The second kappa shape index (κ2) is 40.0. The van der Waals surface area contributed by atoms with E-state index in [0.717, 1.165) is 44.3 Å². The van der Waals surface area contributed by atoms with Crippen molar-refractivity contribution in [3.8, 4) is 0 Å². The van der Waals surface area contributed by atoms with Gasteiger partial charge in [-0.05, 0) is 87.6 Å². The summed E-state index contributed by atoms with van der Waals surface area (Å²) in [6.07, 6.45) is 1.58. The Bertz CT molecular complexity index is 4360. The van der Waals surface area contributed by atoms with Crippen molar-refractivity contribution in [2.75, 3.05) is 207 Å². The Morgan fingerprint density at radius 1 is 0.273 bits per heavy atom. The molecule has 0 radical (unpaired) electrons. The van der Waals surface area contributed by atoms with Crippen LogP contribution in [0.2, 0.25) is 0 Å². The summed E-state index contributed by atoms with van der Waals surface area (Å²) < 4.78 is 120. The van der Waals surface area contributed by atoms with Crippen molar-refractivity contribution in [2.24, 2.45) is 0 Å². The van der Waals surface area contributed by atoms with E-state index in [4.69, 9.17) is 0 Å². The summed E-state index contributed by atoms with van der Waals surface area (Å²) in [5, 5.41) is 17.0. The lowest BCUT2D eigenvalue weighted by Crippen LogP contribution is -2.44. The van der Waals surface area contributed by atoms with Crippen molar-refractivity contribution in [3.63, 3.8) is 0 Å². The highest BCUT2D eigenvalue weighted by Crippen LogP contribution is 2.34. The minimum atomic E-state index is -3.97. The zero-order valence-electron chi connectivity index (χ0n) is 64.4. The van der Waals surface area contributed by atoms with E-state index in [1.165, 1.54) is 0 Å². The number of anilines is 4. The van der Waals surface area contributed by atoms with Crippen LogP contribution in [0.15, 0.2) is 165 Å². The van der Waals surface area contributed by atoms with E-state index in [9.17, 15) is 52.8 Å². The largest absolute Gasteiger partial charge is 0.377 e. The molecule has 1 heterocycles. The molecular formula is C78H108N16O12S4. The standard InChI is InChI=1S/C78H108N16O12S4/c1-87(2)67-27-9-23-63-59(67)19-13-31-71(63)107(99,100)83-43-39-79-75(95)35-51-91-47-17-48-93(53-37-77(97)81-41-45-85-109(103,104)73-33-15-21-61-65(73)25-11-29-69(61)89(5)6)57-58-94(54-38-78(98)82-42-46-86-110(105,106)74-34-16-22-62-66(74)26-12-30-70(62)90(7)8)50-18-49-92(56-55-91)52-36-76(96)80-40-44-84-108(101,102)72-32-14-20-60-64(72)24-10-28-68(60)88(3)4/h9-16,19-34,83-86H,17-18,35-58H2,1-8H3,(H,79,95)(H,80,96)(H,81,97)(H,82,98). The first-order valence-electron chi connectivity index (χ1n) is 37.2. The molecule has 0 aromatic heterocycles. The molecule has 4 amide bonds. The van der Waals surface area contributed by atoms with Gasteiger partial charge in [0.05, 0.1) is 19.6 Å². The number of fused-ring (bicyclic) bond motifs is 4. The van der Waals surface area contributed by atoms with E-state index < -0.39 is 40.1 Å². The molecule has 0 aliphatic carbocycles. The van der Waals surface area contributed by atoms with Crippen LogP contribution in [-0.2, 0) is 59.3 Å². The van der Waals surface area contributed by atoms with Gasteiger partial charge in [-0.15, -0.1) is 0 Å². The fourth-order valence-electron chi connectivity index (χ4n) is 13.8. The molecular weight excluding hydrogens is 1480 g/mol. The highest BCUT2D eigenvalue weighted by atomic mass is 32.2. The van der Waals surface area contributed by atoms with Crippen LogP contribution >= 0.6 is 0 Å². The molecule has 0 unspecified atom stereocenters. The Labute approximate surface area is 648 Å². The lowest BCUT2D eigenvalue weighted by molar-refractivity contribution is -0.122. The van der Waals surface area contributed by atoms with Crippen LogP contribution in [0.25, 0.3) is 43.1 Å². The number of sulfonamides is 4. The molecule has 0 atom stereocenters. The number of nitrogens with one attached hydrogen (secondary N) is 8. The predicted molar refractivity (Wildman–Crippen MR) is 439 cm³/mol. The number of nitrogens with zero attached hydrogens (tertiary/aromatic N) is 8. The summed E-state index contributed by atoms with van der Waals surface area (Å²) in [5.41, 5.74) is 3.48. The van der Waals surface area contributed by atoms with E-state index in [2.05, 4.69) is 59.8 Å². The minimum absolute atomic E-state index is 0.0357. The van der Waals surface area contributed by atoms with E-state index in [-0.39, 0.29) is 121 Å². The molecule has 0 bridgehead atoms. The monoisotopic (exact) mass is 1590 g/mol. The fourth-order valence-corrected chi connectivity index (χ4v) is 18.8. The lowest BCUT2D eigenvalue weighted by Gasteiger charge is -2.32. The molecule has 9 rings (SSSR count). The van der Waals surface area contributed by atoms with Gasteiger partial charge < -0.3 is 60.5 Å². The molecule has 1 saturated heterocycles. The van der Waals surface area contributed by atoms with Crippen molar-refractivity contribution in [3.05, 3.63) is 146 Å². The Morgan fingerprint density at radius 3 is 0.664 bits per heavy atom. The van der Waals surface area contributed by atoms with Gasteiger partial charge in [-0.3, -0.25) is 19.2 Å². The minimum Gasteiger partial charge on any atom is -0.377 e. The second-order valence-corrected chi connectivity index (χ2v) is 35.1. The number of carbonyl (C=O) groups is 4. The molecule has 1 fully saturated rings. The third-order valence-electron chi connectivity index (χ3n) is 19.5. The van der Waals surface area contributed by atoms with Crippen molar-refractivity contribution in [2.45, 2.75) is 58.1 Å². The van der Waals surface area contributed by atoms with Gasteiger partial charge in [0.2, 0.25) is 63.7 Å². The van der Waals surface area contributed by atoms with Crippen LogP contribution < -0.4 is 59.8 Å². The van der Waals surface area contributed by atoms with Gasteiger partial charge in [0, 0.05) is 253 Å². The molecule has 0 spiro atoms. The van der Waals surface area contributed by atoms with Crippen molar-refractivity contribution < 1.29 is 52.8 Å². The molecule has 1 aliphatic heterocycles. The average Bonchev–Trinajstić information content (AvgIpc) is 0.796. The molecule has 8 aromatic rings. The average molecular weight is 1590 g/mol. The van der Waals surface area contributed by atoms with Gasteiger partial charge in [-0.1, -0.05) is 97.1 Å². The Balaban J connectivity index is 0.850. The smallest absolute Gasteiger partial charge is 0.241 e. The maximum absolute atomic E-state index is 13.7. The van der Waals surface area contributed by atoms with E-state index in [1.807, 2.05) is 149 Å². The van der Waals surface area contributed by atoms with Crippen molar-refractivity contribution in [1.82, 2.24) is 59.8 Å². The first-order chi connectivity index (χ1) is 52.5. The second-order valence-electron chi connectivity index (χ2n) is 28.2. The van der Waals surface area contributed by atoms with Crippen LogP contribution in [0.3, 0.4) is 0 Å². The first kappa shape index (κ1) is 85.4. The van der Waals surface area contributed by atoms with Gasteiger partial charge in [0.15, 0.2) is 0 Å². The fraction of sp³-hybridized carbons (Fsp3) is 0.436. The summed E-state index contributed by atoms with van der Waals surface area (Å²) in [4.78, 5) is 71.5. The molecule has 110 heavy (non-hydrogen) atoms. The van der Waals surface area contributed by atoms with Gasteiger partial charge >= 0.3 is 0 Å². The third-order valence-corrected chi connectivity index (χ3v) is 25.5. The summed E-state index contributed by atoms with van der Waals surface area (Å²) in [6, 6.07) is 42.6. The Morgan fingerprint density at radius 2 is 0.464 bits per heavy atom. The Kier molecular flexibility index (Phi) is 31.1. The molecule has 8 aromatic carbocycles. The van der Waals surface area contributed by atoms with E-state index >= 15 is 0 Å². The number of hydrogen-bond donors (Lipinski definition) is 8. The maximum Gasteiger partial charge on any atom is 0.241 e. The van der Waals surface area contributed by atoms with Gasteiger partial charge in [-0.2, -0.15) is 0 Å². The summed E-state index contributed by atoms with van der Waals surface area (Å²) in [7, 11) is -0.745. The van der Waals surface area contributed by atoms with Crippen molar-refractivity contribution >= 4 is 130 Å². The van der Waals surface area contributed by atoms with Crippen LogP contribution in [0.4, 0.5) is 22.7 Å². The van der Waals surface area contributed by atoms with Crippen LogP contribution in [-0.4, -0.2) is 264 Å². The highest BCUT2D eigenvalue weighted by Gasteiger charge is 2.25. The first-order valence-corrected chi connectivity index (χ1v) is 43.2. The molecule has 596 valence electrons. The zero-order valence-corrected chi connectivity index (χ0v) is 67.6. The molecule has 1 aliphatic rings.